The number of nitrogens with zero attached hydrogens (tertiary/aromatic N) is 3. The second-order valence-electron chi connectivity index (χ2n) is 18.3. The molecule has 0 N–H and O–H groups in total. The van der Waals surface area contributed by atoms with Gasteiger partial charge in [-0.15, -0.1) is 0 Å². The Balaban J connectivity index is 0.808. The molecule has 2 aliphatic carbocycles. The molecule has 0 bridgehead atoms. The van der Waals surface area contributed by atoms with E-state index in [-0.39, 0.29) is 0 Å². The number of hydrogen-bond acceptors (Lipinski definition) is 3. The molecule has 3 nitrogen and oxygen atoms in total. The van der Waals surface area contributed by atoms with Crippen LogP contribution < -0.4 is 0 Å². The van der Waals surface area contributed by atoms with E-state index in [1.54, 1.807) is 0 Å². The van der Waals surface area contributed by atoms with E-state index in [0.717, 1.165) is 27.8 Å². The highest BCUT2D eigenvalue weighted by Crippen LogP contribution is 2.51. The molecule has 0 fully saturated rings. The van der Waals surface area contributed by atoms with Crippen molar-refractivity contribution in [3.05, 3.63) is 236 Å². The third-order valence-electron chi connectivity index (χ3n) is 14.4. The number of fused-ring (bicyclic) bond motifs is 6. The topological polar surface area (TPSA) is 38.7 Å². The minimum atomic E-state index is 0.639. The molecule has 11 aromatic carbocycles. The van der Waals surface area contributed by atoms with Crippen LogP contribution in [0.1, 0.15) is 5.56 Å². The Labute approximate surface area is 400 Å². The summed E-state index contributed by atoms with van der Waals surface area (Å²) in [6, 6.07) is 83.3. The molecule has 0 aliphatic heterocycles. The Bertz CT molecular complexity index is 4040. The first kappa shape index (κ1) is 39.1. The number of rotatable bonds is 7. The highest BCUT2D eigenvalue weighted by Gasteiger charge is 2.25. The van der Waals surface area contributed by atoms with Gasteiger partial charge in [0.2, 0.25) is 0 Å². The monoisotopic (exact) mass is 875 g/mol. The van der Waals surface area contributed by atoms with Crippen molar-refractivity contribution in [1.82, 2.24) is 15.0 Å². The van der Waals surface area contributed by atoms with Gasteiger partial charge in [0, 0.05) is 16.7 Å². The number of aromatic nitrogens is 3. The maximum Gasteiger partial charge on any atom is 0.164 e. The molecule has 14 rings (SSSR count). The summed E-state index contributed by atoms with van der Waals surface area (Å²) in [4.78, 5) is 15.6. The highest BCUT2D eigenvalue weighted by molar-refractivity contribution is 6.19. The normalized spacial score (nSPS) is 11.8. The molecule has 12 aromatic rings. The smallest absolute Gasteiger partial charge is 0.164 e. The quantitative estimate of drug-likeness (QED) is 0.160. The van der Waals surface area contributed by atoms with Crippen molar-refractivity contribution in [3.8, 4) is 123 Å². The summed E-state index contributed by atoms with van der Waals surface area (Å²) in [6.07, 6.45) is 0. The maximum absolute atomic E-state index is 5.27. The molecule has 69 heavy (non-hydrogen) atoms. The fourth-order valence-electron chi connectivity index (χ4n) is 11.2. The summed E-state index contributed by atoms with van der Waals surface area (Å²) in [6.45, 7) is 2.21. The Morgan fingerprint density at radius 3 is 1.36 bits per heavy atom. The zero-order chi connectivity index (χ0) is 45.6. The summed E-state index contributed by atoms with van der Waals surface area (Å²) in [5, 5.41) is 5.19. The van der Waals surface area contributed by atoms with Crippen molar-refractivity contribution in [3.63, 3.8) is 0 Å². The van der Waals surface area contributed by atoms with E-state index in [0.29, 0.717) is 17.5 Å². The molecule has 0 amide bonds. The average Bonchev–Trinajstić information content (AvgIpc) is 3.92. The zero-order valence-electron chi connectivity index (χ0n) is 37.8. The van der Waals surface area contributed by atoms with Gasteiger partial charge in [0.25, 0.3) is 0 Å². The molecule has 1 heterocycles. The van der Waals surface area contributed by atoms with Gasteiger partial charge in [0.1, 0.15) is 0 Å². The fraction of sp³-hybridized carbons (Fsp3) is 0.0152. The van der Waals surface area contributed by atoms with Crippen molar-refractivity contribution >= 4 is 21.5 Å². The summed E-state index contributed by atoms with van der Waals surface area (Å²) in [5.41, 5.74) is 23.8. The van der Waals surface area contributed by atoms with E-state index >= 15 is 0 Å². The van der Waals surface area contributed by atoms with Crippen LogP contribution in [-0.4, -0.2) is 15.0 Å². The van der Waals surface area contributed by atoms with Crippen molar-refractivity contribution in [1.29, 1.82) is 0 Å². The van der Waals surface area contributed by atoms with Crippen LogP contribution in [0.3, 0.4) is 0 Å². The first-order valence-electron chi connectivity index (χ1n) is 23.7. The van der Waals surface area contributed by atoms with Gasteiger partial charge in [-0.3, -0.25) is 0 Å². The molecule has 0 saturated heterocycles. The summed E-state index contributed by atoms with van der Waals surface area (Å²) in [5.74, 6) is 1.93. The summed E-state index contributed by atoms with van der Waals surface area (Å²) in [7, 11) is 0. The second-order valence-corrected chi connectivity index (χ2v) is 18.3. The van der Waals surface area contributed by atoms with Crippen molar-refractivity contribution < 1.29 is 0 Å². The van der Waals surface area contributed by atoms with Gasteiger partial charge in [-0.1, -0.05) is 224 Å². The number of benzene rings is 11. The van der Waals surface area contributed by atoms with Crippen LogP contribution in [0, 0.1) is 6.92 Å². The molecule has 0 unspecified atom stereocenters. The minimum absolute atomic E-state index is 0.639. The molecule has 320 valence electrons. The molecular weight excluding hydrogens is 835 g/mol. The van der Waals surface area contributed by atoms with Crippen LogP contribution in [0.25, 0.3) is 145 Å². The molecule has 0 radical (unpaired) electrons. The van der Waals surface area contributed by atoms with E-state index in [2.05, 4.69) is 219 Å². The number of hydrogen-bond donors (Lipinski definition) is 0. The van der Waals surface area contributed by atoms with Crippen LogP contribution in [0.2, 0.25) is 0 Å². The van der Waals surface area contributed by atoms with E-state index < -0.39 is 0 Å². The van der Waals surface area contributed by atoms with Gasteiger partial charge in [-0.25, -0.2) is 15.0 Å². The SMILES string of the molecule is Cc1cc(-c2ccccc2-c2nc(-c3ccccc3)nc(-c3ccc4c(c3)-c3cccc5cccc-4c35)n2)ccc1-c1ccc(-c2ccccc2-c2ccc3c4c(cccc24)-c2ccccc2-3)cc1. The Kier molecular flexibility index (Phi) is 8.80. The minimum Gasteiger partial charge on any atom is -0.208 e. The van der Waals surface area contributed by atoms with Crippen LogP contribution >= 0.6 is 0 Å². The maximum atomic E-state index is 5.27. The molecule has 0 spiro atoms. The van der Waals surface area contributed by atoms with Gasteiger partial charge in [0.15, 0.2) is 17.5 Å². The van der Waals surface area contributed by atoms with E-state index in [9.17, 15) is 0 Å². The first-order chi connectivity index (χ1) is 34.1. The third-order valence-corrected chi connectivity index (χ3v) is 14.4. The lowest BCUT2D eigenvalue weighted by Crippen LogP contribution is -2.01. The Hall–Kier alpha value is -9.05. The van der Waals surface area contributed by atoms with Gasteiger partial charge >= 0.3 is 0 Å². The first-order valence-corrected chi connectivity index (χ1v) is 23.7. The standard InChI is InChI=1S/C66H41N3/c1-40-38-45(32-34-47(40)41-28-30-42(31-29-41)48-18-5-7-20-50(48)53-36-37-59-52-22-9-8-21-51(52)56-26-13-27-57(53)63(56)59)49-19-6-10-23-60(49)66-68-64(44-14-3-2-4-15-44)67-65(69-66)46-33-35-54-55-24-11-16-43-17-12-25-58(62(43)55)61(54)39-46/h2-39H,1H3. The van der Waals surface area contributed by atoms with Crippen molar-refractivity contribution in [2.24, 2.45) is 0 Å². The molecule has 3 heteroatoms. The van der Waals surface area contributed by atoms with E-state index in [1.165, 1.54) is 105 Å². The molecular formula is C66H41N3. The van der Waals surface area contributed by atoms with Gasteiger partial charge in [-0.05, 0) is 129 Å². The van der Waals surface area contributed by atoms with Crippen LogP contribution in [-0.2, 0) is 0 Å². The highest BCUT2D eigenvalue weighted by atomic mass is 15.0. The Morgan fingerprint density at radius 2 is 0.667 bits per heavy atom. The number of aryl methyl sites for hydroxylation is 1. The molecule has 1 aromatic heterocycles. The molecule has 0 atom stereocenters. The van der Waals surface area contributed by atoms with E-state index in [1.807, 2.05) is 18.2 Å². The van der Waals surface area contributed by atoms with Gasteiger partial charge in [-0.2, -0.15) is 0 Å². The van der Waals surface area contributed by atoms with Crippen LogP contribution in [0.4, 0.5) is 0 Å². The molecule has 2 aliphatic rings. The van der Waals surface area contributed by atoms with Crippen LogP contribution in [0.15, 0.2) is 231 Å². The lowest BCUT2D eigenvalue weighted by Gasteiger charge is -2.15. The fourth-order valence-corrected chi connectivity index (χ4v) is 11.2. The second kappa shape index (κ2) is 15.5. The zero-order valence-corrected chi connectivity index (χ0v) is 37.8. The van der Waals surface area contributed by atoms with Gasteiger partial charge < -0.3 is 0 Å². The van der Waals surface area contributed by atoms with Crippen molar-refractivity contribution in [2.75, 3.05) is 0 Å². The predicted molar refractivity (Wildman–Crippen MR) is 286 cm³/mol. The Morgan fingerprint density at radius 1 is 0.232 bits per heavy atom. The summed E-state index contributed by atoms with van der Waals surface area (Å²) < 4.78 is 0. The van der Waals surface area contributed by atoms with Crippen LogP contribution in [0.5, 0.6) is 0 Å². The predicted octanol–water partition coefficient (Wildman–Crippen LogP) is 17.5. The summed E-state index contributed by atoms with van der Waals surface area (Å²) >= 11 is 0. The van der Waals surface area contributed by atoms with Crippen molar-refractivity contribution in [2.45, 2.75) is 6.92 Å². The van der Waals surface area contributed by atoms with E-state index in [4.69, 9.17) is 15.0 Å². The molecule has 0 saturated carbocycles. The average molecular weight is 876 g/mol. The lowest BCUT2D eigenvalue weighted by atomic mass is 9.89. The van der Waals surface area contributed by atoms with Gasteiger partial charge in [0.05, 0.1) is 0 Å². The third kappa shape index (κ3) is 6.25. The largest absolute Gasteiger partial charge is 0.208 e. The lowest BCUT2D eigenvalue weighted by molar-refractivity contribution is 1.07.